The Kier molecular flexibility index (Phi) is 54.1. The highest BCUT2D eigenvalue weighted by Gasteiger charge is 2.24. The van der Waals surface area contributed by atoms with Gasteiger partial charge in [-0.05, 0) is 77.0 Å². The largest absolute Gasteiger partial charge is 0.462 e. The fourth-order valence-corrected chi connectivity index (χ4v) is 8.61. The maximum absolute atomic E-state index is 13.3. The van der Waals surface area contributed by atoms with Crippen LogP contribution in [0.3, 0.4) is 0 Å². The SMILES string of the molecule is CC\C=C/C=C/C=C/C=C\C=C\C=C\CCCCCC(=O)OC(CCCCCCCCC/C=C\C/C=C\CCCCC)CC(=O)NC(CO)C(O)CCCCCCCCCCCCCCCCCCC. The first-order valence-electron chi connectivity index (χ1n) is 29.5. The number of hydrogen-bond donors (Lipinski definition) is 3. The van der Waals surface area contributed by atoms with Crippen LogP contribution in [0.15, 0.2) is 97.2 Å². The van der Waals surface area contributed by atoms with E-state index in [0.717, 1.165) is 83.5 Å². The number of unbranched alkanes of at least 4 members (excludes halogenated alkanes) is 29. The summed E-state index contributed by atoms with van der Waals surface area (Å²) in [7, 11) is 0. The van der Waals surface area contributed by atoms with Crippen LogP contribution in [0.4, 0.5) is 0 Å². The third kappa shape index (κ3) is 51.1. The van der Waals surface area contributed by atoms with E-state index in [1.807, 2.05) is 48.6 Å². The van der Waals surface area contributed by atoms with Crippen LogP contribution in [0.5, 0.6) is 0 Å². The molecule has 0 saturated heterocycles. The molecule has 0 spiro atoms. The van der Waals surface area contributed by atoms with Gasteiger partial charge in [-0.3, -0.25) is 9.59 Å². The van der Waals surface area contributed by atoms with Crippen LogP contribution in [-0.4, -0.2) is 46.9 Å². The van der Waals surface area contributed by atoms with E-state index in [-0.39, 0.29) is 24.9 Å². The van der Waals surface area contributed by atoms with E-state index in [9.17, 15) is 19.8 Å². The van der Waals surface area contributed by atoms with Crippen LogP contribution >= 0.6 is 0 Å². The Morgan fingerprint density at radius 1 is 0.443 bits per heavy atom. The highest BCUT2D eigenvalue weighted by molar-refractivity contribution is 5.77. The van der Waals surface area contributed by atoms with Crippen molar-refractivity contribution in [3.8, 4) is 0 Å². The third-order valence-corrected chi connectivity index (χ3v) is 13.1. The molecule has 0 aliphatic heterocycles. The Morgan fingerprint density at radius 2 is 0.829 bits per heavy atom. The molecule has 0 aromatic carbocycles. The average molecular weight is 975 g/mol. The van der Waals surface area contributed by atoms with Crippen molar-refractivity contribution in [3.05, 3.63) is 97.2 Å². The molecular weight excluding hydrogens is 863 g/mol. The highest BCUT2D eigenvalue weighted by atomic mass is 16.5. The highest BCUT2D eigenvalue weighted by Crippen LogP contribution is 2.18. The monoisotopic (exact) mass is 974 g/mol. The van der Waals surface area contributed by atoms with Gasteiger partial charge in [0.1, 0.15) is 6.10 Å². The van der Waals surface area contributed by atoms with Gasteiger partial charge in [0.15, 0.2) is 0 Å². The Bertz CT molecular complexity index is 1370. The minimum absolute atomic E-state index is 0.0493. The molecule has 0 bridgehead atoms. The van der Waals surface area contributed by atoms with Gasteiger partial charge in [0.25, 0.3) is 0 Å². The van der Waals surface area contributed by atoms with Crippen LogP contribution in [-0.2, 0) is 14.3 Å². The van der Waals surface area contributed by atoms with E-state index in [2.05, 4.69) is 74.7 Å². The maximum atomic E-state index is 13.3. The summed E-state index contributed by atoms with van der Waals surface area (Å²) in [6.45, 7) is 6.33. The smallest absolute Gasteiger partial charge is 0.306 e. The van der Waals surface area contributed by atoms with Gasteiger partial charge in [-0.15, -0.1) is 0 Å². The van der Waals surface area contributed by atoms with E-state index >= 15 is 0 Å². The molecule has 3 atom stereocenters. The van der Waals surface area contributed by atoms with Gasteiger partial charge in [0, 0.05) is 6.42 Å². The molecule has 3 N–H and O–H groups in total. The van der Waals surface area contributed by atoms with Gasteiger partial charge >= 0.3 is 5.97 Å². The first-order valence-corrected chi connectivity index (χ1v) is 29.5. The summed E-state index contributed by atoms with van der Waals surface area (Å²) in [5.41, 5.74) is 0. The second-order valence-corrected chi connectivity index (χ2v) is 19.8. The number of amides is 1. The quantitative estimate of drug-likeness (QED) is 0.0244. The molecule has 0 fully saturated rings. The first kappa shape index (κ1) is 66.8. The molecule has 402 valence electrons. The van der Waals surface area contributed by atoms with Crippen LogP contribution in [0.25, 0.3) is 0 Å². The number of aliphatic hydroxyl groups is 2. The minimum Gasteiger partial charge on any atom is -0.462 e. The van der Waals surface area contributed by atoms with E-state index < -0.39 is 18.2 Å². The molecular formula is C64H111NO5. The van der Waals surface area contributed by atoms with E-state index in [1.54, 1.807) is 0 Å². The number of aliphatic hydroxyl groups excluding tert-OH is 2. The van der Waals surface area contributed by atoms with Crippen LogP contribution < -0.4 is 5.32 Å². The van der Waals surface area contributed by atoms with Crippen molar-refractivity contribution >= 4 is 11.9 Å². The average Bonchev–Trinajstić information content (AvgIpc) is 3.35. The summed E-state index contributed by atoms with van der Waals surface area (Å²) < 4.78 is 5.94. The predicted octanol–water partition coefficient (Wildman–Crippen LogP) is 18.5. The lowest BCUT2D eigenvalue weighted by molar-refractivity contribution is -0.151. The molecule has 0 aromatic heterocycles. The number of rotatable bonds is 52. The number of carbonyl (C=O) groups excluding carboxylic acids is 2. The number of hydrogen-bond acceptors (Lipinski definition) is 5. The molecule has 0 saturated carbocycles. The summed E-state index contributed by atoms with van der Waals surface area (Å²) >= 11 is 0. The molecule has 0 radical (unpaired) electrons. The number of allylic oxidation sites excluding steroid dienone is 16. The number of nitrogens with one attached hydrogen (secondary N) is 1. The Morgan fingerprint density at radius 3 is 1.31 bits per heavy atom. The lowest BCUT2D eigenvalue weighted by Gasteiger charge is -2.24. The molecule has 0 rings (SSSR count). The first-order chi connectivity index (χ1) is 34.5. The molecule has 6 heteroatoms. The van der Waals surface area contributed by atoms with Gasteiger partial charge in [-0.1, -0.05) is 279 Å². The van der Waals surface area contributed by atoms with Crippen molar-refractivity contribution in [3.63, 3.8) is 0 Å². The third-order valence-electron chi connectivity index (χ3n) is 13.1. The van der Waals surface area contributed by atoms with Gasteiger partial charge in [-0.2, -0.15) is 0 Å². The summed E-state index contributed by atoms with van der Waals surface area (Å²) in [6.07, 6.45) is 76.1. The molecule has 0 aromatic rings. The molecule has 1 amide bonds. The Hall–Kier alpha value is -3.22. The van der Waals surface area contributed by atoms with Gasteiger partial charge < -0.3 is 20.3 Å². The Balaban J connectivity index is 4.66. The topological polar surface area (TPSA) is 95.9 Å². The van der Waals surface area contributed by atoms with E-state index in [0.29, 0.717) is 19.3 Å². The summed E-state index contributed by atoms with van der Waals surface area (Å²) in [5.74, 6) is -0.532. The zero-order valence-electron chi connectivity index (χ0n) is 45.9. The molecule has 0 aliphatic rings. The van der Waals surface area contributed by atoms with Crippen molar-refractivity contribution in [1.82, 2.24) is 5.32 Å². The van der Waals surface area contributed by atoms with Crippen molar-refractivity contribution in [2.75, 3.05) is 6.61 Å². The lowest BCUT2D eigenvalue weighted by Crippen LogP contribution is -2.46. The van der Waals surface area contributed by atoms with Gasteiger partial charge in [-0.25, -0.2) is 0 Å². The summed E-state index contributed by atoms with van der Waals surface area (Å²) in [6, 6.07) is -0.721. The fourth-order valence-electron chi connectivity index (χ4n) is 8.61. The summed E-state index contributed by atoms with van der Waals surface area (Å²) in [5, 5.41) is 23.9. The zero-order valence-corrected chi connectivity index (χ0v) is 45.9. The van der Waals surface area contributed by atoms with Crippen molar-refractivity contribution in [2.24, 2.45) is 0 Å². The molecule has 0 aliphatic carbocycles. The molecule has 70 heavy (non-hydrogen) atoms. The normalized spacial score (nSPS) is 13.8. The second-order valence-electron chi connectivity index (χ2n) is 19.8. The lowest BCUT2D eigenvalue weighted by atomic mass is 10.0. The minimum atomic E-state index is -0.805. The van der Waals surface area contributed by atoms with E-state index in [1.165, 1.54) is 141 Å². The van der Waals surface area contributed by atoms with Crippen LogP contribution in [0.1, 0.15) is 271 Å². The number of ether oxygens (including phenoxy) is 1. The van der Waals surface area contributed by atoms with E-state index in [4.69, 9.17) is 4.74 Å². The molecule has 6 nitrogen and oxygen atoms in total. The van der Waals surface area contributed by atoms with Crippen LogP contribution in [0.2, 0.25) is 0 Å². The standard InChI is InChI=1S/C64H111NO5/c1-4-7-10-13-16-19-22-25-28-31-34-37-40-43-46-49-52-55-60(70-64(69)57-54-51-48-45-42-39-36-33-30-27-24-21-18-15-12-9-6-3)58-63(68)65-61(59-66)62(67)56-53-50-47-44-41-38-35-32-29-26-23-20-17-14-11-8-5-2/h9,12,15-16,18-19,21,24-25,27-28,30,33,36,39,42,60-62,66-67H,4-8,10-11,13-14,17,20,22-23,26,29,31-32,34-35,37-38,40-41,43-59H2,1-3H3,(H,65,68)/b12-9-,18-15+,19-16-,24-21+,28-25-,30-27-,36-33+,42-39+. The van der Waals surface area contributed by atoms with Crippen molar-refractivity contribution < 1.29 is 24.5 Å². The summed E-state index contributed by atoms with van der Waals surface area (Å²) in [4.78, 5) is 26.3. The van der Waals surface area contributed by atoms with Crippen LogP contribution in [0, 0.1) is 0 Å². The molecule has 0 heterocycles. The maximum Gasteiger partial charge on any atom is 0.306 e. The molecule has 3 unspecified atom stereocenters. The van der Waals surface area contributed by atoms with Crippen molar-refractivity contribution in [1.29, 1.82) is 0 Å². The second kappa shape index (κ2) is 56.7. The number of carbonyl (C=O) groups is 2. The van der Waals surface area contributed by atoms with Gasteiger partial charge in [0.05, 0.1) is 25.2 Å². The number of esters is 1. The zero-order chi connectivity index (χ0) is 50.9. The van der Waals surface area contributed by atoms with Crippen molar-refractivity contribution in [2.45, 2.75) is 289 Å². The van der Waals surface area contributed by atoms with Gasteiger partial charge in [0.2, 0.25) is 5.91 Å². The predicted molar refractivity (Wildman–Crippen MR) is 305 cm³/mol. The fraction of sp³-hybridized carbons (Fsp3) is 0.719. The Labute approximate surface area is 433 Å².